The van der Waals surface area contributed by atoms with Gasteiger partial charge in [-0.15, -0.1) is 0 Å². The number of rotatable bonds is 6. The summed E-state index contributed by atoms with van der Waals surface area (Å²) in [5, 5.41) is 17.4. The van der Waals surface area contributed by atoms with Crippen molar-refractivity contribution >= 4 is 75.4 Å². The second-order valence-electron chi connectivity index (χ2n) is 20.9. The molecule has 0 fully saturated rings. The molecular formula is C77H48. The standard InChI is InChI=1S/C77H48/c1-3-25-56(26-4-1)77(57-27-5-2-6-28-57)70-47-55(74-62-33-15-13-31-60(62)72(61-32-14-16-34-63(61)74)53-41-39-49-21-7-9-23-51(49)45-53)43-44-68(70)76-59-30-12-11-29-58(59)69(48-71(76)77)75-66-37-19-17-35-64(66)73(65-36-18-20-38-67(65)75)54-42-40-50-22-8-10-24-52(50)46-54/h1-48H. The summed E-state index contributed by atoms with van der Waals surface area (Å²) in [6.07, 6.45) is 0. The molecule has 0 saturated carbocycles. The lowest BCUT2D eigenvalue weighted by Gasteiger charge is -2.34. The monoisotopic (exact) mass is 972 g/mol. The SMILES string of the molecule is c1ccc(C2(c3ccccc3)c3cc(-c4c5ccccc5c(-c5ccc6ccccc6c5)c5ccccc45)ccc3-c3c2cc(-c2c4ccccc4c(-c4ccc5ccccc5c4)c4ccccc24)c2ccccc32)cc1. The van der Waals surface area contributed by atoms with E-state index in [0.29, 0.717) is 0 Å². The molecule has 0 nitrogen and oxygen atoms in total. The summed E-state index contributed by atoms with van der Waals surface area (Å²) in [4.78, 5) is 0. The fourth-order valence-electron chi connectivity index (χ4n) is 13.9. The van der Waals surface area contributed by atoms with Gasteiger partial charge in [0.2, 0.25) is 0 Å². The van der Waals surface area contributed by atoms with E-state index in [2.05, 4.69) is 291 Å². The van der Waals surface area contributed by atoms with Gasteiger partial charge in [0, 0.05) is 0 Å². The van der Waals surface area contributed by atoms with Gasteiger partial charge in [-0.25, -0.2) is 0 Å². The molecule has 77 heavy (non-hydrogen) atoms. The Kier molecular flexibility index (Phi) is 9.65. The minimum absolute atomic E-state index is 0.685. The largest absolute Gasteiger partial charge is 0.0714 e. The van der Waals surface area contributed by atoms with Crippen LogP contribution >= 0.6 is 0 Å². The summed E-state index contributed by atoms with van der Waals surface area (Å²) in [5.74, 6) is 0. The van der Waals surface area contributed by atoms with Crippen molar-refractivity contribution in [1.29, 1.82) is 0 Å². The van der Waals surface area contributed by atoms with Crippen LogP contribution in [0, 0.1) is 0 Å². The van der Waals surface area contributed by atoms with Crippen LogP contribution in [0.2, 0.25) is 0 Å². The molecule has 0 bridgehead atoms. The van der Waals surface area contributed by atoms with Gasteiger partial charge in [-0.1, -0.05) is 267 Å². The maximum Gasteiger partial charge on any atom is 0.0714 e. The van der Waals surface area contributed by atoms with E-state index >= 15 is 0 Å². The molecule has 356 valence electrons. The van der Waals surface area contributed by atoms with Crippen molar-refractivity contribution in [1.82, 2.24) is 0 Å². The van der Waals surface area contributed by atoms with E-state index in [-0.39, 0.29) is 0 Å². The van der Waals surface area contributed by atoms with Crippen molar-refractivity contribution in [3.8, 4) is 55.6 Å². The maximum atomic E-state index is 2.60. The van der Waals surface area contributed by atoms with Crippen molar-refractivity contribution in [2.45, 2.75) is 5.41 Å². The van der Waals surface area contributed by atoms with E-state index < -0.39 is 5.41 Å². The smallest absolute Gasteiger partial charge is 0.0622 e. The molecule has 0 aromatic heterocycles. The van der Waals surface area contributed by atoms with E-state index in [4.69, 9.17) is 0 Å². The van der Waals surface area contributed by atoms with Crippen LogP contribution in [0.4, 0.5) is 0 Å². The van der Waals surface area contributed by atoms with Gasteiger partial charge in [0.1, 0.15) is 0 Å². The molecule has 0 saturated heterocycles. The van der Waals surface area contributed by atoms with Gasteiger partial charge < -0.3 is 0 Å². The lowest BCUT2D eigenvalue weighted by molar-refractivity contribution is 0.769. The highest BCUT2D eigenvalue weighted by molar-refractivity contribution is 6.26. The Hall–Kier alpha value is -9.88. The molecule has 0 heterocycles. The molecule has 0 atom stereocenters. The Labute approximate surface area is 447 Å². The topological polar surface area (TPSA) is 0 Å². The van der Waals surface area contributed by atoms with Gasteiger partial charge in [-0.05, 0) is 178 Å². The maximum absolute atomic E-state index is 2.60. The molecule has 16 rings (SSSR count). The molecule has 1 aliphatic carbocycles. The fourth-order valence-corrected chi connectivity index (χ4v) is 13.9. The van der Waals surface area contributed by atoms with Crippen LogP contribution in [0.25, 0.3) is 131 Å². The third-order valence-corrected chi connectivity index (χ3v) is 17.1. The molecule has 0 amide bonds. The average Bonchev–Trinajstić information content (AvgIpc) is 4.08. The minimum atomic E-state index is -0.685. The first-order valence-electron chi connectivity index (χ1n) is 26.9. The van der Waals surface area contributed by atoms with Gasteiger partial charge in [-0.3, -0.25) is 0 Å². The number of hydrogen-bond acceptors (Lipinski definition) is 0. The molecule has 0 heteroatoms. The van der Waals surface area contributed by atoms with Crippen LogP contribution in [0.3, 0.4) is 0 Å². The van der Waals surface area contributed by atoms with Crippen molar-refractivity contribution < 1.29 is 0 Å². The van der Waals surface area contributed by atoms with E-state index in [0.717, 1.165) is 0 Å². The first-order chi connectivity index (χ1) is 38.2. The Balaban J connectivity index is 1.00. The zero-order valence-electron chi connectivity index (χ0n) is 42.2. The van der Waals surface area contributed by atoms with Crippen LogP contribution in [0.15, 0.2) is 291 Å². The Morgan fingerprint density at radius 3 is 0.935 bits per heavy atom. The third kappa shape index (κ3) is 6.40. The van der Waals surface area contributed by atoms with Gasteiger partial charge in [0.15, 0.2) is 0 Å². The minimum Gasteiger partial charge on any atom is -0.0622 e. The van der Waals surface area contributed by atoms with Crippen molar-refractivity contribution in [3.63, 3.8) is 0 Å². The van der Waals surface area contributed by atoms with Crippen molar-refractivity contribution in [2.75, 3.05) is 0 Å². The van der Waals surface area contributed by atoms with Gasteiger partial charge in [0.25, 0.3) is 0 Å². The highest BCUT2D eigenvalue weighted by atomic mass is 14.5. The number of fused-ring (bicyclic) bond motifs is 11. The predicted octanol–water partition coefficient (Wildman–Crippen LogP) is 20.8. The Bertz CT molecular complexity index is 4750. The molecule has 15 aromatic rings. The summed E-state index contributed by atoms with van der Waals surface area (Å²) >= 11 is 0. The highest BCUT2D eigenvalue weighted by Crippen LogP contribution is 2.61. The number of hydrogen-bond donors (Lipinski definition) is 0. The van der Waals surface area contributed by atoms with Crippen LogP contribution in [-0.2, 0) is 5.41 Å². The van der Waals surface area contributed by atoms with Crippen LogP contribution in [0.5, 0.6) is 0 Å². The van der Waals surface area contributed by atoms with Gasteiger partial charge >= 0.3 is 0 Å². The quantitative estimate of drug-likeness (QED) is 0.146. The zero-order chi connectivity index (χ0) is 50.6. The van der Waals surface area contributed by atoms with Crippen LogP contribution in [-0.4, -0.2) is 0 Å². The fraction of sp³-hybridized carbons (Fsp3) is 0.0130. The van der Waals surface area contributed by atoms with E-state index in [1.54, 1.807) is 0 Å². The lowest BCUT2D eigenvalue weighted by Crippen LogP contribution is -2.28. The van der Waals surface area contributed by atoms with Crippen molar-refractivity contribution in [3.05, 3.63) is 313 Å². The zero-order valence-corrected chi connectivity index (χ0v) is 42.2. The summed E-state index contributed by atoms with van der Waals surface area (Å²) in [5.41, 5.74) is 16.9. The molecule has 15 aromatic carbocycles. The second kappa shape index (κ2) is 17.1. The molecular weight excluding hydrogens is 925 g/mol. The normalized spacial score (nSPS) is 12.8. The predicted molar refractivity (Wildman–Crippen MR) is 328 cm³/mol. The van der Waals surface area contributed by atoms with E-state index in [1.165, 1.54) is 153 Å². The third-order valence-electron chi connectivity index (χ3n) is 17.1. The molecule has 0 N–H and O–H groups in total. The van der Waals surface area contributed by atoms with Crippen LogP contribution < -0.4 is 0 Å². The summed E-state index contributed by atoms with van der Waals surface area (Å²) in [7, 11) is 0. The molecule has 0 aliphatic heterocycles. The lowest BCUT2D eigenvalue weighted by atomic mass is 9.66. The van der Waals surface area contributed by atoms with Gasteiger partial charge in [-0.2, -0.15) is 0 Å². The first kappa shape index (κ1) is 43.5. The highest BCUT2D eigenvalue weighted by Gasteiger charge is 2.47. The Morgan fingerprint density at radius 2 is 0.506 bits per heavy atom. The summed E-state index contributed by atoms with van der Waals surface area (Å²) in [6.45, 7) is 0. The second-order valence-corrected chi connectivity index (χ2v) is 20.9. The van der Waals surface area contributed by atoms with E-state index in [1.807, 2.05) is 0 Å². The average molecular weight is 973 g/mol. The summed E-state index contributed by atoms with van der Waals surface area (Å²) in [6, 6.07) is 110. The first-order valence-corrected chi connectivity index (χ1v) is 26.9. The van der Waals surface area contributed by atoms with Gasteiger partial charge in [0.05, 0.1) is 5.41 Å². The number of benzene rings is 15. The molecule has 1 aliphatic rings. The van der Waals surface area contributed by atoms with E-state index in [9.17, 15) is 0 Å². The van der Waals surface area contributed by atoms with Crippen LogP contribution in [0.1, 0.15) is 22.3 Å². The molecule has 0 spiro atoms. The summed E-state index contributed by atoms with van der Waals surface area (Å²) < 4.78 is 0. The van der Waals surface area contributed by atoms with Crippen molar-refractivity contribution in [2.24, 2.45) is 0 Å². The molecule has 0 radical (unpaired) electrons. The molecule has 0 unspecified atom stereocenters. The Morgan fingerprint density at radius 1 is 0.182 bits per heavy atom.